The van der Waals surface area contributed by atoms with Crippen molar-refractivity contribution in [2.75, 3.05) is 52.7 Å². The van der Waals surface area contributed by atoms with Crippen LogP contribution in [0.15, 0.2) is 109 Å². The number of hydrogen-bond acceptors (Lipinski definition) is 10. The summed E-state index contributed by atoms with van der Waals surface area (Å²) in [5.41, 5.74) is 3.06. The van der Waals surface area contributed by atoms with Crippen molar-refractivity contribution in [3.05, 3.63) is 137 Å². The van der Waals surface area contributed by atoms with Crippen molar-refractivity contribution in [1.29, 1.82) is 0 Å². The molecular formula is C46H55N3O9. The Morgan fingerprint density at radius 2 is 1.53 bits per heavy atom. The molecule has 0 saturated carbocycles. The van der Waals surface area contributed by atoms with Crippen LogP contribution in [-0.4, -0.2) is 110 Å². The molecule has 1 aliphatic carbocycles. The predicted molar refractivity (Wildman–Crippen MR) is 217 cm³/mol. The number of amides is 2. The largest absolute Gasteiger partial charge is 0.492 e. The van der Waals surface area contributed by atoms with Crippen LogP contribution < -0.4 is 15.4 Å². The van der Waals surface area contributed by atoms with Gasteiger partial charge < -0.3 is 44.5 Å². The fourth-order valence-electron chi connectivity index (χ4n) is 8.02. The highest BCUT2D eigenvalue weighted by Gasteiger charge is 2.43. The van der Waals surface area contributed by atoms with Crippen LogP contribution in [0.4, 0.5) is 4.79 Å². The number of nitrogens with one attached hydrogen (secondary N) is 2. The van der Waals surface area contributed by atoms with Crippen LogP contribution in [0.5, 0.6) is 5.75 Å². The first-order valence-corrected chi connectivity index (χ1v) is 20.3. The van der Waals surface area contributed by atoms with E-state index in [9.17, 15) is 19.8 Å². The maximum atomic E-state index is 14.7. The zero-order valence-electron chi connectivity index (χ0n) is 33.0. The van der Waals surface area contributed by atoms with Crippen LogP contribution in [0.2, 0.25) is 0 Å². The minimum absolute atomic E-state index is 0.0618. The summed E-state index contributed by atoms with van der Waals surface area (Å²) in [5, 5.41) is 29.3. The average Bonchev–Trinajstić information content (AvgIpc) is 3.83. The van der Waals surface area contributed by atoms with Crippen molar-refractivity contribution >= 4 is 12.0 Å². The summed E-state index contributed by atoms with van der Waals surface area (Å²) in [5.74, 6) is 0.296. The number of hydrogen-bond donors (Lipinski definition) is 4. The smallest absolute Gasteiger partial charge is 0.407 e. The summed E-state index contributed by atoms with van der Waals surface area (Å²) in [4.78, 5) is 30.6. The molecule has 7 atom stereocenters. The molecule has 0 aromatic heterocycles. The summed E-state index contributed by atoms with van der Waals surface area (Å²) in [6.45, 7) is 7.05. The van der Waals surface area contributed by atoms with E-state index in [0.29, 0.717) is 44.2 Å². The van der Waals surface area contributed by atoms with Gasteiger partial charge in [-0.25, -0.2) is 4.79 Å². The zero-order chi connectivity index (χ0) is 40.3. The lowest BCUT2D eigenvalue weighted by Crippen LogP contribution is -2.52. The quantitative estimate of drug-likeness (QED) is 0.121. The molecule has 0 radical (unpaired) electrons. The van der Waals surface area contributed by atoms with Gasteiger partial charge in [-0.2, -0.15) is 0 Å². The second-order valence-corrected chi connectivity index (χ2v) is 15.6. The molecule has 4 aromatic rings. The Balaban J connectivity index is 1.08. The molecule has 0 spiro atoms. The molecule has 2 amide bonds. The molecule has 2 saturated heterocycles. The van der Waals surface area contributed by atoms with Gasteiger partial charge in [-0.15, -0.1) is 0 Å². The third-order valence-electron chi connectivity index (χ3n) is 11.5. The molecule has 7 rings (SSSR count). The summed E-state index contributed by atoms with van der Waals surface area (Å²) in [6, 6.07) is 32.9. The second-order valence-electron chi connectivity index (χ2n) is 15.6. The normalized spacial score (nSPS) is 22.6. The second kappa shape index (κ2) is 19.8. The average molecular weight is 794 g/mol. The molecule has 12 heteroatoms. The van der Waals surface area contributed by atoms with E-state index in [1.54, 1.807) is 6.92 Å². The lowest BCUT2D eigenvalue weighted by molar-refractivity contribution is -0.129. The molecule has 308 valence electrons. The Bertz CT molecular complexity index is 1910. The van der Waals surface area contributed by atoms with Crippen LogP contribution in [0, 0.1) is 0 Å². The van der Waals surface area contributed by atoms with Gasteiger partial charge in [0.2, 0.25) is 5.91 Å². The zero-order valence-corrected chi connectivity index (χ0v) is 33.0. The Kier molecular flexibility index (Phi) is 14.1. The fourth-order valence-corrected chi connectivity index (χ4v) is 8.02. The number of fused-ring (bicyclic) bond motifs is 1. The molecular weight excluding hydrogens is 739 g/mol. The Morgan fingerprint density at radius 3 is 2.28 bits per heavy atom. The first-order chi connectivity index (χ1) is 28.2. The summed E-state index contributed by atoms with van der Waals surface area (Å²) < 4.78 is 29.1. The van der Waals surface area contributed by atoms with E-state index in [-0.39, 0.29) is 32.0 Å². The molecule has 2 aliphatic heterocycles. The number of carbonyl (C=O) groups is 2. The van der Waals surface area contributed by atoms with E-state index in [4.69, 9.17) is 23.7 Å². The topological polar surface area (TPSA) is 148 Å². The highest BCUT2D eigenvalue weighted by Crippen LogP contribution is 2.36. The molecule has 0 unspecified atom stereocenters. The third kappa shape index (κ3) is 10.6. The van der Waals surface area contributed by atoms with Crippen LogP contribution in [0.3, 0.4) is 0 Å². The summed E-state index contributed by atoms with van der Waals surface area (Å²) in [7, 11) is 0. The first-order valence-electron chi connectivity index (χ1n) is 20.3. The number of benzene rings is 4. The molecule has 58 heavy (non-hydrogen) atoms. The van der Waals surface area contributed by atoms with Crippen molar-refractivity contribution in [3.63, 3.8) is 0 Å². The maximum absolute atomic E-state index is 14.7. The number of nitrogens with zero attached hydrogens (tertiary/aromatic N) is 1. The van der Waals surface area contributed by atoms with Gasteiger partial charge in [0, 0.05) is 26.1 Å². The highest BCUT2D eigenvalue weighted by atomic mass is 16.6. The lowest BCUT2D eigenvalue weighted by atomic mass is 9.75. The number of aliphatic hydroxyl groups excluding tert-OH is 2. The number of rotatable bonds is 17. The van der Waals surface area contributed by atoms with Crippen molar-refractivity contribution in [2.45, 2.75) is 74.7 Å². The minimum Gasteiger partial charge on any atom is -0.492 e. The highest BCUT2D eigenvalue weighted by molar-refractivity contribution is 5.88. The van der Waals surface area contributed by atoms with E-state index in [0.717, 1.165) is 41.9 Å². The summed E-state index contributed by atoms with van der Waals surface area (Å²) >= 11 is 0. The van der Waals surface area contributed by atoms with Crippen molar-refractivity contribution in [3.8, 4) is 5.75 Å². The van der Waals surface area contributed by atoms with Gasteiger partial charge in [-0.1, -0.05) is 97.1 Å². The van der Waals surface area contributed by atoms with Gasteiger partial charge in [-0.05, 0) is 59.7 Å². The Morgan fingerprint density at radius 1 is 0.862 bits per heavy atom. The van der Waals surface area contributed by atoms with Crippen LogP contribution >= 0.6 is 0 Å². The van der Waals surface area contributed by atoms with Crippen molar-refractivity contribution in [1.82, 2.24) is 15.5 Å². The minimum atomic E-state index is -1.31. The monoisotopic (exact) mass is 793 g/mol. The van der Waals surface area contributed by atoms with Gasteiger partial charge >= 0.3 is 6.09 Å². The van der Waals surface area contributed by atoms with E-state index in [1.807, 2.05) is 109 Å². The fraction of sp³-hybridized carbons (Fsp3) is 0.435. The van der Waals surface area contributed by atoms with Gasteiger partial charge in [0.25, 0.3) is 0 Å². The molecule has 4 aromatic carbocycles. The van der Waals surface area contributed by atoms with Crippen LogP contribution in [0.1, 0.15) is 47.2 Å². The first kappa shape index (κ1) is 41.3. The van der Waals surface area contributed by atoms with Crippen LogP contribution in [-0.2, 0) is 48.6 Å². The van der Waals surface area contributed by atoms with Gasteiger partial charge in [0.15, 0.2) is 6.10 Å². The maximum Gasteiger partial charge on any atom is 0.407 e. The Labute approximate surface area is 340 Å². The van der Waals surface area contributed by atoms with E-state index in [1.165, 1.54) is 0 Å². The standard InChI is InChI=1S/C46H55N3O9/c1-46(44(52)48-43-37-15-9-8-14-34(37)27-39(43)50,35-16-18-36(19-17-35)56-25-22-49-20-23-54-24-21-49)28-40(51)38(26-32-10-4-2-5-11-32)47-45(53)58-42-31-55-30-41(42)57-29-33-12-6-3-7-13-33/h2-19,38-43,50-51H,20-31H2,1H3,(H,47,53)(H,48,52)/t38-,39+,40-,41+,42+,43-,46+/m0/s1. The Hall–Kier alpha value is -4.82. The molecule has 2 heterocycles. The molecule has 2 fully saturated rings. The van der Waals surface area contributed by atoms with Gasteiger partial charge in [0.1, 0.15) is 18.5 Å². The van der Waals surface area contributed by atoms with Gasteiger partial charge in [0.05, 0.1) is 62.7 Å². The van der Waals surface area contributed by atoms with Crippen molar-refractivity contribution < 1.29 is 43.5 Å². The summed E-state index contributed by atoms with van der Waals surface area (Å²) in [6.07, 6.45) is -3.21. The van der Waals surface area contributed by atoms with Gasteiger partial charge in [-0.3, -0.25) is 9.69 Å². The third-order valence-corrected chi connectivity index (χ3v) is 11.5. The molecule has 12 nitrogen and oxygen atoms in total. The van der Waals surface area contributed by atoms with E-state index in [2.05, 4.69) is 15.5 Å². The lowest BCUT2D eigenvalue weighted by Gasteiger charge is -2.35. The number of carbonyl (C=O) groups excluding carboxylic acids is 2. The van der Waals surface area contributed by atoms with E-state index >= 15 is 0 Å². The predicted octanol–water partition coefficient (Wildman–Crippen LogP) is 4.50. The van der Waals surface area contributed by atoms with Crippen LogP contribution in [0.25, 0.3) is 0 Å². The SMILES string of the molecule is C[C@](C[C@H](O)[C@H](Cc1ccccc1)NC(=O)O[C@@H]1COC[C@H]1OCc1ccccc1)(C(=O)N[C@H]1c2ccccc2C[C@H]1O)c1ccc(OCCN2CCOCC2)cc1. The number of morpholine rings is 1. The number of aliphatic hydroxyl groups is 2. The molecule has 4 N–H and O–H groups in total. The number of alkyl carbamates (subject to hydrolysis) is 1. The molecule has 0 bridgehead atoms. The van der Waals surface area contributed by atoms with Crippen molar-refractivity contribution in [2.24, 2.45) is 0 Å². The molecule has 3 aliphatic rings. The van der Waals surface area contributed by atoms with E-state index < -0.39 is 48.0 Å². The number of ether oxygens (including phenoxy) is 5.